The van der Waals surface area contributed by atoms with Gasteiger partial charge < -0.3 is 9.22 Å². The molecule has 144 valence electrons. The van der Waals surface area contributed by atoms with E-state index in [0.717, 1.165) is 19.3 Å². The second-order valence-corrected chi connectivity index (χ2v) is 8.12. The fourth-order valence-corrected chi connectivity index (χ4v) is 3.09. The summed E-state index contributed by atoms with van der Waals surface area (Å²) in [6.45, 7) is 5.07. The monoisotopic (exact) mass is 342 g/mol. The molecule has 0 amide bonds. The summed E-state index contributed by atoms with van der Waals surface area (Å²) >= 11 is 0. The van der Waals surface area contributed by atoms with E-state index in [9.17, 15) is 4.79 Å². The van der Waals surface area contributed by atoms with Gasteiger partial charge in [-0.05, 0) is 12.8 Å². The fourth-order valence-electron chi connectivity index (χ4n) is 3.09. The minimum atomic E-state index is -0.0173. The summed E-state index contributed by atoms with van der Waals surface area (Å²) in [6, 6.07) is -0.0173. The van der Waals surface area contributed by atoms with E-state index in [4.69, 9.17) is 4.74 Å². The van der Waals surface area contributed by atoms with Gasteiger partial charge in [0.2, 0.25) is 0 Å². The highest BCUT2D eigenvalue weighted by Gasteiger charge is 2.32. The molecule has 0 unspecified atom stereocenters. The number of carbonyl (C=O) groups is 1. The third kappa shape index (κ3) is 12.8. The molecular weight excluding hydrogens is 298 g/mol. The van der Waals surface area contributed by atoms with Gasteiger partial charge in [0.05, 0.1) is 27.7 Å². The summed E-state index contributed by atoms with van der Waals surface area (Å²) in [5.41, 5.74) is 0. The molecule has 3 nitrogen and oxygen atoms in total. The van der Waals surface area contributed by atoms with Gasteiger partial charge in [0.1, 0.15) is 0 Å². The van der Waals surface area contributed by atoms with Crippen LogP contribution in [0.15, 0.2) is 0 Å². The number of carbonyl (C=O) groups excluding carboxylic acids is 1. The molecule has 0 spiro atoms. The van der Waals surface area contributed by atoms with Gasteiger partial charge in [-0.3, -0.25) is 0 Å². The lowest BCUT2D eigenvalue weighted by molar-refractivity contribution is -0.887. The number of hydrogen-bond acceptors (Lipinski definition) is 2. The summed E-state index contributed by atoms with van der Waals surface area (Å²) in [5, 5.41) is 0. The maximum Gasteiger partial charge on any atom is 0.364 e. The van der Waals surface area contributed by atoms with Gasteiger partial charge in [0.15, 0.2) is 6.04 Å². The van der Waals surface area contributed by atoms with Gasteiger partial charge in [-0.15, -0.1) is 0 Å². The second kappa shape index (κ2) is 14.7. The van der Waals surface area contributed by atoms with Crippen molar-refractivity contribution in [3.63, 3.8) is 0 Å². The van der Waals surface area contributed by atoms with Crippen LogP contribution in [0.5, 0.6) is 0 Å². The smallest absolute Gasteiger partial charge is 0.364 e. The molecular formula is C21H44NO2+. The maximum absolute atomic E-state index is 12.5. The molecule has 0 N–H and O–H groups in total. The maximum atomic E-state index is 12.5. The van der Waals surface area contributed by atoms with Crippen LogP contribution >= 0.6 is 0 Å². The third-order valence-electron chi connectivity index (χ3n) is 4.78. The lowest BCUT2D eigenvalue weighted by Crippen LogP contribution is -2.50. The molecule has 0 heterocycles. The molecule has 3 heteroatoms. The lowest BCUT2D eigenvalue weighted by atomic mass is 10.0. The van der Waals surface area contributed by atoms with Crippen molar-refractivity contribution in [2.75, 3.05) is 27.7 Å². The predicted molar refractivity (Wildman–Crippen MR) is 104 cm³/mol. The van der Waals surface area contributed by atoms with Crippen molar-refractivity contribution in [1.82, 2.24) is 0 Å². The first-order valence-electron chi connectivity index (χ1n) is 10.4. The fraction of sp³-hybridized carbons (Fsp3) is 0.952. The van der Waals surface area contributed by atoms with Crippen molar-refractivity contribution in [3.05, 3.63) is 0 Å². The van der Waals surface area contributed by atoms with Crippen LogP contribution in [0, 0.1) is 0 Å². The van der Waals surface area contributed by atoms with Crippen molar-refractivity contribution < 1.29 is 14.0 Å². The Kier molecular flexibility index (Phi) is 14.4. The highest BCUT2D eigenvalue weighted by Crippen LogP contribution is 2.16. The van der Waals surface area contributed by atoms with E-state index in [1.807, 2.05) is 0 Å². The zero-order chi connectivity index (χ0) is 18.3. The molecule has 0 bridgehead atoms. The quantitative estimate of drug-likeness (QED) is 0.204. The number of ether oxygens (including phenoxy) is 1. The summed E-state index contributed by atoms with van der Waals surface area (Å²) in [7, 11) is 6.31. The molecule has 1 atom stereocenters. The van der Waals surface area contributed by atoms with Gasteiger partial charge in [-0.1, -0.05) is 78.1 Å². The number of quaternary nitrogens is 1. The second-order valence-electron chi connectivity index (χ2n) is 8.12. The van der Waals surface area contributed by atoms with Crippen molar-refractivity contribution in [2.45, 2.75) is 103 Å². The van der Waals surface area contributed by atoms with E-state index in [1.54, 1.807) is 0 Å². The SMILES string of the molecule is CCCCCCCCOC(=O)[C@H](CCCCCCCC)[N+](C)(C)C. The van der Waals surface area contributed by atoms with Crippen LogP contribution in [0.1, 0.15) is 97.3 Å². The van der Waals surface area contributed by atoms with Gasteiger partial charge in [-0.2, -0.15) is 0 Å². The van der Waals surface area contributed by atoms with Crippen molar-refractivity contribution in [2.24, 2.45) is 0 Å². The van der Waals surface area contributed by atoms with E-state index in [1.165, 1.54) is 64.2 Å². The first kappa shape index (κ1) is 23.4. The molecule has 0 saturated carbocycles. The molecule has 0 saturated heterocycles. The molecule has 0 fully saturated rings. The summed E-state index contributed by atoms with van der Waals surface area (Å²) < 4.78 is 6.25. The first-order chi connectivity index (χ1) is 11.4. The molecule has 0 aliphatic heterocycles. The van der Waals surface area contributed by atoms with Crippen LogP contribution in [-0.4, -0.2) is 44.2 Å². The van der Waals surface area contributed by atoms with Crippen LogP contribution in [0.4, 0.5) is 0 Å². The molecule has 0 aromatic rings. The molecule has 0 aromatic heterocycles. The number of nitrogens with zero attached hydrogens (tertiary/aromatic N) is 1. The Morgan fingerprint density at radius 1 is 0.750 bits per heavy atom. The molecule has 0 aliphatic carbocycles. The normalized spacial score (nSPS) is 13.0. The van der Waals surface area contributed by atoms with Crippen LogP contribution in [0.25, 0.3) is 0 Å². The summed E-state index contributed by atoms with van der Waals surface area (Å²) in [6.07, 6.45) is 15.9. The zero-order valence-corrected chi connectivity index (χ0v) is 17.2. The largest absolute Gasteiger partial charge is 0.461 e. The number of esters is 1. The van der Waals surface area contributed by atoms with E-state index in [-0.39, 0.29) is 12.0 Å². The van der Waals surface area contributed by atoms with Crippen LogP contribution in [0.3, 0.4) is 0 Å². The number of unbranched alkanes of at least 4 members (excludes halogenated alkanes) is 10. The van der Waals surface area contributed by atoms with Crippen LogP contribution < -0.4 is 0 Å². The Labute approximate surface area is 151 Å². The first-order valence-corrected chi connectivity index (χ1v) is 10.4. The third-order valence-corrected chi connectivity index (χ3v) is 4.78. The summed E-state index contributed by atoms with van der Waals surface area (Å²) in [4.78, 5) is 12.5. The minimum absolute atomic E-state index is 0.00427. The van der Waals surface area contributed by atoms with Gasteiger partial charge in [0.25, 0.3) is 0 Å². The van der Waals surface area contributed by atoms with E-state index >= 15 is 0 Å². The van der Waals surface area contributed by atoms with Crippen LogP contribution in [-0.2, 0) is 9.53 Å². The summed E-state index contributed by atoms with van der Waals surface area (Å²) in [5.74, 6) is 0.00427. The molecule has 24 heavy (non-hydrogen) atoms. The van der Waals surface area contributed by atoms with Crippen molar-refractivity contribution in [1.29, 1.82) is 0 Å². The molecule has 0 aliphatic rings. The van der Waals surface area contributed by atoms with E-state index in [2.05, 4.69) is 35.0 Å². The number of likely N-dealkylation sites (N-methyl/N-ethyl adjacent to an activating group) is 1. The zero-order valence-electron chi connectivity index (χ0n) is 17.2. The van der Waals surface area contributed by atoms with Gasteiger partial charge in [-0.25, -0.2) is 4.79 Å². The topological polar surface area (TPSA) is 26.3 Å². The highest BCUT2D eigenvalue weighted by molar-refractivity contribution is 5.74. The highest BCUT2D eigenvalue weighted by atomic mass is 16.5. The number of rotatable bonds is 16. The van der Waals surface area contributed by atoms with Gasteiger partial charge >= 0.3 is 5.97 Å². The Balaban J connectivity index is 3.96. The lowest BCUT2D eigenvalue weighted by Gasteiger charge is -2.32. The average molecular weight is 343 g/mol. The Morgan fingerprint density at radius 3 is 1.71 bits per heavy atom. The van der Waals surface area contributed by atoms with E-state index < -0.39 is 0 Å². The minimum Gasteiger partial charge on any atom is -0.461 e. The predicted octanol–water partition coefficient (Wildman–Crippen LogP) is 5.72. The Hall–Kier alpha value is -0.570. The van der Waals surface area contributed by atoms with Crippen LogP contribution in [0.2, 0.25) is 0 Å². The standard InChI is InChI=1S/C21H44NO2/c1-6-8-10-12-14-16-18-20(22(3,4)5)21(23)24-19-17-15-13-11-9-7-2/h20H,6-19H2,1-5H3/q+1/t20-/m0/s1. The Morgan fingerprint density at radius 2 is 1.21 bits per heavy atom. The Bertz CT molecular complexity index is 297. The average Bonchev–Trinajstić information content (AvgIpc) is 2.52. The molecule has 0 rings (SSSR count). The van der Waals surface area contributed by atoms with E-state index in [0.29, 0.717) is 11.1 Å². The number of hydrogen-bond donors (Lipinski definition) is 0. The molecule has 0 radical (unpaired) electrons. The van der Waals surface area contributed by atoms with Gasteiger partial charge in [0, 0.05) is 6.42 Å². The molecule has 0 aromatic carbocycles. The van der Waals surface area contributed by atoms with Crippen molar-refractivity contribution >= 4 is 5.97 Å². The van der Waals surface area contributed by atoms with Crippen molar-refractivity contribution in [3.8, 4) is 0 Å².